The van der Waals surface area contributed by atoms with E-state index in [0.29, 0.717) is 18.4 Å². The average Bonchev–Trinajstić information content (AvgIpc) is 2.67. The summed E-state index contributed by atoms with van der Waals surface area (Å²) in [7, 11) is 0. The van der Waals surface area contributed by atoms with Crippen molar-refractivity contribution in [2.45, 2.75) is 49.4 Å². The van der Waals surface area contributed by atoms with Crippen LogP contribution in [0, 0.1) is 17.3 Å². The van der Waals surface area contributed by atoms with Gasteiger partial charge >= 0.3 is 12.0 Å². The van der Waals surface area contributed by atoms with E-state index in [-0.39, 0.29) is 32.4 Å². The van der Waals surface area contributed by atoms with Gasteiger partial charge in [0, 0.05) is 11.4 Å². The molecule has 5 rings (SSSR count). The third-order valence-electron chi connectivity index (χ3n) is 6.99. The van der Waals surface area contributed by atoms with Crippen LogP contribution in [0.5, 0.6) is 0 Å². The number of carbonyl (C=O) groups excluding carboxylic acids is 2. The normalized spacial score (nSPS) is 31.1. The van der Waals surface area contributed by atoms with E-state index in [9.17, 15) is 19.5 Å². The Labute approximate surface area is 201 Å². The lowest BCUT2D eigenvalue weighted by Crippen LogP contribution is -2.57. The summed E-state index contributed by atoms with van der Waals surface area (Å²) in [6.45, 7) is 0.228. The second-order valence-corrected chi connectivity index (χ2v) is 11.3. The summed E-state index contributed by atoms with van der Waals surface area (Å²) < 4.78 is 0. The molecule has 1 aromatic carbocycles. The first kappa shape index (κ1) is 23.5. The van der Waals surface area contributed by atoms with Crippen LogP contribution < -0.4 is 16.0 Å². The molecule has 4 N–H and O–H groups in total. The molecule has 0 spiro atoms. The quantitative estimate of drug-likeness (QED) is 0.422. The minimum atomic E-state index is -1.34. The zero-order chi connectivity index (χ0) is 23.1. The number of rotatable bonds is 7. The molecule has 174 valence electrons. The Morgan fingerprint density at radius 1 is 1.06 bits per heavy atom. The number of amides is 3. The van der Waals surface area contributed by atoms with Gasteiger partial charge in [-0.05, 0) is 67.9 Å². The lowest BCUT2D eigenvalue weighted by molar-refractivity contribution is -0.139. The smallest absolute Gasteiger partial charge is 0.328 e. The van der Waals surface area contributed by atoms with Crippen LogP contribution in [0.25, 0.3) is 0 Å². The van der Waals surface area contributed by atoms with Crippen molar-refractivity contribution in [1.29, 1.82) is 0 Å². The SMILES string of the molecule is O=C(NC[C@H](NC(=O)c1c(Cl)cccc1Cl)C(=O)O)NCC12CC3CC(CC(Cl)(C3)C1)C2. The van der Waals surface area contributed by atoms with E-state index in [1.54, 1.807) is 6.07 Å². The summed E-state index contributed by atoms with van der Waals surface area (Å²) in [6.07, 6.45) is 6.41. The van der Waals surface area contributed by atoms with Gasteiger partial charge in [-0.25, -0.2) is 9.59 Å². The summed E-state index contributed by atoms with van der Waals surface area (Å²) in [4.78, 5) is 36.3. The summed E-state index contributed by atoms with van der Waals surface area (Å²) in [5, 5.41) is 17.5. The zero-order valence-electron chi connectivity index (χ0n) is 17.4. The fraction of sp³-hybridized carbons (Fsp3) is 0.591. The molecule has 4 saturated carbocycles. The van der Waals surface area contributed by atoms with Gasteiger partial charge in [-0.15, -0.1) is 11.6 Å². The van der Waals surface area contributed by atoms with Crippen molar-refractivity contribution in [1.82, 2.24) is 16.0 Å². The number of nitrogens with one attached hydrogen (secondary N) is 3. The van der Waals surface area contributed by atoms with Crippen molar-refractivity contribution in [3.63, 3.8) is 0 Å². The zero-order valence-corrected chi connectivity index (χ0v) is 19.7. The molecule has 3 atom stereocenters. The van der Waals surface area contributed by atoms with E-state index < -0.39 is 23.9 Å². The molecular weight excluding hydrogens is 477 g/mol. The number of aliphatic carboxylic acids is 1. The molecule has 4 fully saturated rings. The van der Waals surface area contributed by atoms with Crippen LogP contribution >= 0.6 is 34.8 Å². The molecule has 1 aromatic rings. The van der Waals surface area contributed by atoms with Gasteiger partial charge in [0.2, 0.25) is 0 Å². The number of carbonyl (C=O) groups is 3. The maximum atomic E-state index is 12.5. The van der Waals surface area contributed by atoms with E-state index in [0.717, 1.165) is 32.1 Å². The first-order chi connectivity index (χ1) is 15.1. The Kier molecular flexibility index (Phi) is 6.54. The van der Waals surface area contributed by atoms with E-state index in [1.165, 1.54) is 18.6 Å². The summed E-state index contributed by atoms with van der Waals surface area (Å²) in [5.41, 5.74) is 0.00747. The molecule has 0 saturated heterocycles. The molecule has 0 aliphatic heterocycles. The number of alkyl halides is 1. The summed E-state index contributed by atoms with van der Waals surface area (Å²) >= 11 is 18.9. The van der Waals surface area contributed by atoms with Gasteiger partial charge in [-0.2, -0.15) is 0 Å². The van der Waals surface area contributed by atoms with Crippen LogP contribution in [0.15, 0.2) is 18.2 Å². The Hall–Kier alpha value is -1.70. The Balaban J connectivity index is 1.30. The van der Waals surface area contributed by atoms with Crippen LogP contribution in [-0.4, -0.2) is 47.0 Å². The van der Waals surface area contributed by atoms with E-state index in [4.69, 9.17) is 34.8 Å². The number of carboxylic acids is 1. The molecule has 2 unspecified atom stereocenters. The predicted octanol–water partition coefficient (Wildman–Crippen LogP) is 4.05. The van der Waals surface area contributed by atoms with Gasteiger partial charge in [0.25, 0.3) is 5.91 Å². The van der Waals surface area contributed by atoms with E-state index in [2.05, 4.69) is 16.0 Å². The number of halogens is 3. The van der Waals surface area contributed by atoms with Crippen LogP contribution in [0.3, 0.4) is 0 Å². The van der Waals surface area contributed by atoms with Crippen molar-refractivity contribution in [3.05, 3.63) is 33.8 Å². The highest BCUT2D eigenvalue weighted by Crippen LogP contribution is 2.63. The van der Waals surface area contributed by atoms with Gasteiger partial charge in [-0.1, -0.05) is 29.3 Å². The first-order valence-corrected chi connectivity index (χ1v) is 11.9. The van der Waals surface area contributed by atoms with Crippen molar-refractivity contribution in [2.75, 3.05) is 13.1 Å². The molecule has 7 nitrogen and oxygen atoms in total. The topological polar surface area (TPSA) is 108 Å². The lowest BCUT2D eigenvalue weighted by atomic mass is 9.49. The third kappa shape index (κ3) is 4.95. The molecule has 3 amide bonds. The Bertz CT molecular complexity index is 907. The molecule has 0 aromatic heterocycles. The largest absolute Gasteiger partial charge is 0.480 e. The standard InChI is InChI=1S/C22H26Cl3N3O4/c23-14-2-1-3-15(24)17(14)18(29)28-16(19(30)31)9-26-20(32)27-11-21-5-12-4-13(6-21)8-22(25,7-12)10-21/h1-3,12-13,16H,4-11H2,(H,28,29)(H,30,31)(H2,26,27,32)/t12?,13?,16-,21?,22?/m0/s1. The van der Waals surface area contributed by atoms with Crippen molar-refractivity contribution < 1.29 is 19.5 Å². The number of carboxylic acid groups (broad SMARTS) is 1. The predicted molar refractivity (Wildman–Crippen MR) is 122 cm³/mol. The molecule has 4 aliphatic carbocycles. The summed E-state index contributed by atoms with van der Waals surface area (Å²) in [6, 6.07) is 2.74. The van der Waals surface area contributed by atoms with Crippen LogP contribution in [0.4, 0.5) is 4.79 Å². The Morgan fingerprint density at radius 3 is 2.25 bits per heavy atom. The molecule has 0 radical (unpaired) electrons. The monoisotopic (exact) mass is 501 g/mol. The highest BCUT2D eigenvalue weighted by atomic mass is 35.5. The lowest BCUT2D eigenvalue weighted by Gasteiger charge is -2.60. The van der Waals surface area contributed by atoms with Crippen LogP contribution in [0.1, 0.15) is 48.9 Å². The molecule has 10 heteroatoms. The fourth-order valence-corrected chi connectivity index (χ4v) is 7.50. The average molecular weight is 503 g/mol. The van der Waals surface area contributed by atoms with Crippen molar-refractivity contribution in [2.24, 2.45) is 17.3 Å². The number of benzene rings is 1. The minimum absolute atomic E-state index is 0.0108. The molecular formula is C22H26Cl3N3O4. The van der Waals surface area contributed by atoms with Gasteiger partial charge in [0.15, 0.2) is 0 Å². The highest BCUT2D eigenvalue weighted by molar-refractivity contribution is 6.39. The number of hydrogen-bond acceptors (Lipinski definition) is 3. The van der Waals surface area contributed by atoms with Crippen LogP contribution in [-0.2, 0) is 4.79 Å². The van der Waals surface area contributed by atoms with E-state index in [1.807, 2.05) is 0 Å². The molecule has 4 bridgehead atoms. The fourth-order valence-electron chi connectivity index (χ4n) is 6.21. The third-order valence-corrected chi connectivity index (χ3v) is 8.07. The molecule has 32 heavy (non-hydrogen) atoms. The van der Waals surface area contributed by atoms with Gasteiger partial charge in [0.05, 0.1) is 22.2 Å². The van der Waals surface area contributed by atoms with Gasteiger partial charge in [0.1, 0.15) is 6.04 Å². The maximum absolute atomic E-state index is 12.5. The summed E-state index contributed by atoms with van der Waals surface area (Å²) in [5.74, 6) is -0.758. The second kappa shape index (κ2) is 8.92. The van der Waals surface area contributed by atoms with Crippen molar-refractivity contribution >= 4 is 52.7 Å². The number of hydrogen-bond donors (Lipinski definition) is 4. The highest BCUT2D eigenvalue weighted by Gasteiger charge is 2.56. The molecule has 0 heterocycles. The molecule has 4 aliphatic rings. The number of urea groups is 1. The minimum Gasteiger partial charge on any atom is -0.480 e. The second-order valence-electron chi connectivity index (χ2n) is 9.64. The van der Waals surface area contributed by atoms with E-state index >= 15 is 0 Å². The van der Waals surface area contributed by atoms with Crippen LogP contribution in [0.2, 0.25) is 10.0 Å². The maximum Gasteiger partial charge on any atom is 0.328 e. The van der Waals surface area contributed by atoms with Gasteiger partial charge in [-0.3, -0.25) is 4.79 Å². The first-order valence-electron chi connectivity index (χ1n) is 10.8. The van der Waals surface area contributed by atoms with Gasteiger partial charge < -0.3 is 21.1 Å². The Morgan fingerprint density at radius 2 is 1.69 bits per heavy atom. The van der Waals surface area contributed by atoms with Crippen molar-refractivity contribution in [3.8, 4) is 0 Å².